The van der Waals surface area contributed by atoms with Crippen LogP contribution in [0.5, 0.6) is 0 Å². The standard InChI is InChI=1S/C10H16N4/c1-7-4-5-11-9(7)10-13-12-6-14(10)8-2-3-8/h6-9,11H,2-5H2,1H3. The van der Waals surface area contributed by atoms with Crippen LogP contribution in [-0.2, 0) is 0 Å². The largest absolute Gasteiger partial charge is 0.313 e. The quantitative estimate of drug-likeness (QED) is 0.767. The van der Waals surface area contributed by atoms with Gasteiger partial charge in [-0.15, -0.1) is 10.2 Å². The molecular formula is C10H16N4. The predicted octanol–water partition coefficient (Wildman–Crippen LogP) is 1.28. The SMILES string of the molecule is CC1CCNC1c1nncn1C1CC1. The van der Waals surface area contributed by atoms with Gasteiger partial charge < -0.3 is 9.88 Å². The summed E-state index contributed by atoms with van der Waals surface area (Å²) >= 11 is 0. The van der Waals surface area contributed by atoms with Crippen LogP contribution in [0.25, 0.3) is 0 Å². The summed E-state index contributed by atoms with van der Waals surface area (Å²) in [5, 5.41) is 11.8. The molecule has 2 heterocycles. The van der Waals surface area contributed by atoms with E-state index in [1.807, 2.05) is 6.33 Å². The van der Waals surface area contributed by atoms with Crippen molar-refractivity contribution in [3.8, 4) is 0 Å². The lowest BCUT2D eigenvalue weighted by molar-refractivity contribution is 0.455. The molecule has 1 aromatic heterocycles. The summed E-state index contributed by atoms with van der Waals surface area (Å²) in [5.41, 5.74) is 0. The Morgan fingerprint density at radius 2 is 2.29 bits per heavy atom. The van der Waals surface area contributed by atoms with Gasteiger partial charge in [-0.05, 0) is 31.7 Å². The van der Waals surface area contributed by atoms with Crippen molar-refractivity contribution in [2.75, 3.05) is 6.54 Å². The van der Waals surface area contributed by atoms with Gasteiger partial charge in [0.15, 0.2) is 5.82 Å². The molecule has 2 unspecified atom stereocenters. The highest BCUT2D eigenvalue weighted by Gasteiger charge is 2.33. The van der Waals surface area contributed by atoms with Crippen LogP contribution >= 0.6 is 0 Å². The molecule has 0 bridgehead atoms. The lowest BCUT2D eigenvalue weighted by Crippen LogP contribution is -2.20. The average molecular weight is 192 g/mol. The van der Waals surface area contributed by atoms with Crippen molar-refractivity contribution in [1.29, 1.82) is 0 Å². The molecule has 76 valence electrons. The number of rotatable bonds is 2. The van der Waals surface area contributed by atoms with Crippen molar-refractivity contribution >= 4 is 0 Å². The molecule has 2 aliphatic rings. The van der Waals surface area contributed by atoms with E-state index in [4.69, 9.17) is 0 Å². The van der Waals surface area contributed by atoms with Crippen LogP contribution in [0.3, 0.4) is 0 Å². The first kappa shape index (κ1) is 8.41. The third-order valence-corrected chi connectivity index (χ3v) is 3.35. The Bertz CT molecular complexity index is 329. The summed E-state index contributed by atoms with van der Waals surface area (Å²) in [6, 6.07) is 1.12. The van der Waals surface area contributed by atoms with E-state index < -0.39 is 0 Å². The van der Waals surface area contributed by atoms with E-state index in [1.165, 1.54) is 19.3 Å². The lowest BCUT2D eigenvalue weighted by atomic mass is 10.0. The maximum absolute atomic E-state index is 4.26. The van der Waals surface area contributed by atoms with Gasteiger partial charge in [-0.3, -0.25) is 0 Å². The lowest BCUT2D eigenvalue weighted by Gasteiger charge is -2.15. The Morgan fingerprint density at radius 1 is 1.43 bits per heavy atom. The molecule has 2 atom stereocenters. The van der Waals surface area contributed by atoms with Crippen LogP contribution in [0.4, 0.5) is 0 Å². The minimum Gasteiger partial charge on any atom is -0.313 e. The van der Waals surface area contributed by atoms with Gasteiger partial charge in [0.05, 0.1) is 6.04 Å². The van der Waals surface area contributed by atoms with E-state index in [2.05, 4.69) is 27.0 Å². The fourth-order valence-corrected chi connectivity index (χ4v) is 2.29. The smallest absolute Gasteiger partial charge is 0.150 e. The molecule has 2 fully saturated rings. The highest BCUT2D eigenvalue weighted by Crippen LogP contribution is 2.38. The molecule has 4 nitrogen and oxygen atoms in total. The number of nitrogens with one attached hydrogen (secondary N) is 1. The van der Waals surface area contributed by atoms with Gasteiger partial charge >= 0.3 is 0 Å². The van der Waals surface area contributed by atoms with Crippen molar-refractivity contribution in [3.05, 3.63) is 12.2 Å². The fourth-order valence-electron chi connectivity index (χ4n) is 2.29. The molecule has 0 radical (unpaired) electrons. The Kier molecular flexibility index (Phi) is 1.83. The van der Waals surface area contributed by atoms with Gasteiger partial charge in [-0.25, -0.2) is 0 Å². The third kappa shape index (κ3) is 1.25. The highest BCUT2D eigenvalue weighted by molar-refractivity contribution is 5.04. The second-order valence-electron chi connectivity index (χ2n) is 4.53. The van der Waals surface area contributed by atoms with Crippen molar-refractivity contribution in [1.82, 2.24) is 20.1 Å². The Morgan fingerprint density at radius 3 is 2.93 bits per heavy atom. The maximum atomic E-state index is 4.26. The zero-order valence-corrected chi connectivity index (χ0v) is 8.48. The first-order chi connectivity index (χ1) is 6.86. The molecule has 14 heavy (non-hydrogen) atoms. The van der Waals surface area contributed by atoms with E-state index in [1.54, 1.807) is 0 Å². The maximum Gasteiger partial charge on any atom is 0.150 e. The monoisotopic (exact) mass is 192 g/mol. The summed E-state index contributed by atoms with van der Waals surface area (Å²) in [7, 11) is 0. The molecule has 1 aliphatic heterocycles. The van der Waals surface area contributed by atoms with Gasteiger partial charge in [-0.2, -0.15) is 0 Å². The highest BCUT2D eigenvalue weighted by atomic mass is 15.3. The summed E-state index contributed by atoms with van der Waals surface area (Å²) < 4.78 is 2.26. The van der Waals surface area contributed by atoms with Crippen LogP contribution in [-0.4, -0.2) is 21.3 Å². The molecule has 3 rings (SSSR count). The Labute approximate surface area is 83.7 Å². The van der Waals surface area contributed by atoms with Crippen LogP contribution < -0.4 is 5.32 Å². The zero-order chi connectivity index (χ0) is 9.54. The molecule has 0 aromatic carbocycles. The normalized spacial score (nSPS) is 32.4. The van der Waals surface area contributed by atoms with E-state index >= 15 is 0 Å². The third-order valence-electron chi connectivity index (χ3n) is 3.35. The van der Waals surface area contributed by atoms with Gasteiger partial charge in [0, 0.05) is 6.04 Å². The predicted molar refractivity (Wildman–Crippen MR) is 52.8 cm³/mol. The average Bonchev–Trinajstić information content (AvgIpc) is 2.75. The molecule has 0 amide bonds. The van der Waals surface area contributed by atoms with Crippen molar-refractivity contribution < 1.29 is 0 Å². The molecule has 1 saturated heterocycles. The fraction of sp³-hybridized carbons (Fsp3) is 0.800. The van der Waals surface area contributed by atoms with Gasteiger partial charge in [0.2, 0.25) is 0 Å². The summed E-state index contributed by atoms with van der Waals surface area (Å²) in [5.74, 6) is 1.84. The minimum atomic E-state index is 0.429. The van der Waals surface area contributed by atoms with E-state index in [-0.39, 0.29) is 0 Å². The van der Waals surface area contributed by atoms with Crippen molar-refractivity contribution in [2.24, 2.45) is 5.92 Å². The zero-order valence-electron chi connectivity index (χ0n) is 8.48. The number of hydrogen-bond donors (Lipinski definition) is 1. The summed E-state index contributed by atoms with van der Waals surface area (Å²) in [4.78, 5) is 0. The summed E-state index contributed by atoms with van der Waals surface area (Å²) in [6.45, 7) is 3.40. The van der Waals surface area contributed by atoms with Crippen LogP contribution in [0.2, 0.25) is 0 Å². The molecule has 4 heteroatoms. The molecule has 1 aliphatic carbocycles. The Hall–Kier alpha value is -0.900. The van der Waals surface area contributed by atoms with Crippen molar-refractivity contribution in [3.63, 3.8) is 0 Å². The van der Waals surface area contributed by atoms with Crippen LogP contribution in [0, 0.1) is 5.92 Å². The molecule has 1 saturated carbocycles. The second-order valence-corrected chi connectivity index (χ2v) is 4.53. The van der Waals surface area contributed by atoms with Gasteiger partial charge in [0.25, 0.3) is 0 Å². The molecule has 1 aromatic rings. The second kappa shape index (κ2) is 3.05. The van der Waals surface area contributed by atoms with Crippen LogP contribution in [0.15, 0.2) is 6.33 Å². The van der Waals surface area contributed by atoms with Gasteiger partial charge in [0.1, 0.15) is 6.33 Å². The molecule has 0 spiro atoms. The van der Waals surface area contributed by atoms with E-state index in [0.717, 1.165) is 12.4 Å². The number of hydrogen-bond acceptors (Lipinski definition) is 3. The summed E-state index contributed by atoms with van der Waals surface area (Å²) in [6.07, 6.45) is 5.74. The number of nitrogens with zero attached hydrogens (tertiary/aromatic N) is 3. The Balaban J connectivity index is 1.90. The van der Waals surface area contributed by atoms with E-state index in [9.17, 15) is 0 Å². The topological polar surface area (TPSA) is 42.7 Å². The molecular weight excluding hydrogens is 176 g/mol. The first-order valence-electron chi connectivity index (χ1n) is 5.49. The molecule has 1 N–H and O–H groups in total. The van der Waals surface area contributed by atoms with E-state index in [0.29, 0.717) is 18.0 Å². The minimum absolute atomic E-state index is 0.429. The van der Waals surface area contributed by atoms with Crippen LogP contribution in [0.1, 0.15) is 44.1 Å². The van der Waals surface area contributed by atoms with Gasteiger partial charge in [-0.1, -0.05) is 6.92 Å². The van der Waals surface area contributed by atoms with Crippen molar-refractivity contribution in [2.45, 2.75) is 38.3 Å². The first-order valence-corrected chi connectivity index (χ1v) is 5.49. The number of aromatic nitrogens is 3.